The number of nitrogens with zero attached hydrogens (tertiary/aromatic N) is 1. The zero-order valence-electron chi connectivity index (χ0n) is 14.4. The molecule has 3 unspecified atom stereocenters. The van der Waals surface area contributed by atoms with E-state index in [2.05, 4.69) is 37.9 Å². The van der Waals surface area contributed by atoms with Gasteiger partial charge in [-0.15, -0.1) is 0 Å². The maximum Gasteiger partial charge on any atom is 0.0710 e. The third-order valence-corrected chi connectivity index (χ3v) is 5.45. The second-order valence-corrected chi connectivity index (χ2v) is 8.63. The summed E-state index contributed by atoms with van der Waals surface area (Å²) in [5.41, 5.74) is 0.102. The third kappa shape index (κ3) is 4.20. The summed E-state index contributed by atoms with van der Waals surface area (Å²) in [5.74, 6) is 1.73. The van der Waals surface area contributed by atoms with Gasteiger partial charge in [-0.3, -0.25) is 4.90 Å². The van der Waals surface area contributed by atoms with Crippen LogP contribution in [-0.4, -0.2) is 48.3 Å². The summed E-state index contributed by atoms with van der Waals surface area (Å²) in [7, 11) is 0. The minimum absolute atomic E-state index is 0.102. The summed E-state index contributed by atoms with van der Waals surface area (Å²) in [6.07, 6.45) is 7.09. The molecule has 0 bridgehead atoms. The van der Waals surface area contributed by atoms with E-state index in [0.717, 1.165) is 24.4 Å². The minimum Gasteiger partial charge on any atom is -0.371 e. The van der Waals surface area contributed by atoms with E-state index in [1.54, 1.807) is 0 Å². The Hall–Kier alpha value is -0.120. The van der Waals surface area contributed by atoms with E-state index in [9.17, 15) is 0 Å². The Morgan fingerprint density at radius 1 is 1.24 bits per heavy atom. The summed E-state index contributed by atoms with van der Waals surface area (Å²) < 4.78 is 6.25. The average Bonchev–Trinajstić information content (AvgIpc) is 3.15. The quantitative estimate of drug-likeness (QED) is 0.843. The molecule has 1 N–H and O–H groups in total. The van der Waals surface area contributed by atoms with Gasteiger partial charge in [0.05, 0.1) is 11.7 Å². The normalized spacial score (nSPS) is 37.3. The van der Waals surface area contributed by atoms with E-state index in [1.165, 1.54) is 45.2 Å². The predicted molar refractivity (Wildman–Crippen MR) is 87.5 cm³/mol. The molecule has 3 rings (SSSR count). The average molecular weight is 294 g/mol. The summed E-state index contributed by atoms with van der Waals surface area (Å²) in [5, 5.41) is 3.81. The third-order valence-electron chi connectivity index (χ3n) is 5.45. The van der Waals surface area contributed by atoms with Gasteiger partial charge in [0.1, 0.15) is 0 Å². The van der Waals surface area contributed by atoms with Gasteiger partial charge in [-0.2, -0.15) is 0 Å². The molecule has 3 atom stereocenters. The molecule has 21 heavy (non-hydrogen) atoms. The van der Waals surface area contributed by atoms with Gasteiger partial charge in [0.25, 0.3) is 0 Å². The number of rotatable bonds is 5. The Morgan fingerprint density at radius 3 is 2.57 bits per heavy atom. The molecule has 0 radical (unpaired) electrons. The molecular weight excluding hydrogens is 260 g/mol. The molecule has 0 aromatic rings. The SMILES string of the molecule is CC(C)CC1CN(CC2CCC(C)(C)O2)C(C2CC2)CN1. The first-order chi connectivity index (χ1) is 9.93. The molecular formula is C18H34N2O. The Kier molecular flexibility index (Phi) is 4.63. The first-order valence-electron chi connectivity index (χ1n) is 9.08. The van der Waals surface area contributed by atoms with Crippen LogP contribution in [0.3, 0.4) is 0 Å². The van der Waals surface area contributed by atoms with Gasteiger partial charge >= 0.3 is 0 Å². The van der Waals surface area contributed by atoms with Crippen molar-refractivity contribution < 1.29 is 4.74 Å². The fourth-order valence-corrected chi connectivity index (χ4v) is 4.25. The van der Waals surface area contributed by atoms with Crippen molar-refractivity contribution in [3.63, 3.8) is 0 Å². The van der Waals surface area contributed by atoms with E-state index in [-0.39, 0.29) is 5.60 Å². The second-order valence-electron chi connectivity index (χ2n) is 8.63. The highest BCUT2D eigenvalue weighted by molar-refractivity contribution is 4.96. The van der Waals surface area contributed by atoms with Gasteiger partial charge < -0.3 is 10.1 Å². The van der Waals surface area contributed by atoms with Gasteiger partial charge in [0, 0.05) is 31.7 Å². The maximum absolute atomic E-state index is 6.25. The van der Waals surface area contributed by atoms with Crippen LogP contribution in [0.2, 0.25) is 0 Å². The highest BCUT2D eigenvalue weighted by atomic mass is 16.5. The van der Waals surface area contributed by atoms with Gasteiger partial charge in [0.15, 0.2) is 0 Å². The van der Waals surface area contributed by atoms with Crippen molar-refractivity contribution >= 4 is 0 Å². The van der Waals surface area contributed by atoms with Crippen molar-refractivity contribution in [3.8, 4) is 0 Å². The van der Waals surface area contributed by atoms with E-state index in [1.807, 2.05) is 0 Å². The van der Waals surface area contributed by atoms with Crippen molar-refractivity contribution in [2.45, 2.75) is 83.6 Å². The molecule has 1 saturated carbocycles. The monoisotopic (exact) mass is 294 g/mol. The van der Waals surface area contributed by atoms with Crippen LogP contribution >= 0.6 is 0 Å². The highest BCUT2D eigenvalue weighted by Crippen LogP contribution is 2.38. The van der Waals surface area contributed by atoms with Crippen molar-refractivity contribution in [3.05, 3.63) is 0 Å². The summed E-state index contributed by atoms with van der Waals surface area (Å²) >= 11 is 0. The molecule has 1 aliphatic carbocycles. The molecule has 0 amide bonds. The molecule has 3 nitrogen and oxygen atoms in total. The van der Waals surface area contributed by atoms with Gasteiger partial charge in [0.2, 0.25) is 0 Å². The lowest BCUT2D eigenvalue weighted by atomic mass is 9.97. The summed E-state index contributed by atoms with van der Waals surface area (Å²) in [4.78, 5) is 2.77. The van der Waals surface area contributed by atoms with Crippen molar-refractivity contribution in [2.75, 3.05) is 19.6 Å². The molecule has 3 aliphatic rings. The predicted octanol–water partition coefficient (Wildman–Crippen LogP) is 3.04. The molecule has 0 spiro atoms. The molecule has 3 heteroatoms. The second kappa shape index (κ2) is 6.17. The minimum atomic E-state index is 0.102. The largest absolute Gasteiger partial charge is 0.371 e. The Labute approximate surface area is 130 Å². The molecule has 0 aromatic carbocycles. The van der Waals surface area contributed by atoms with E-state index >= 15 is 0 Å². The fraction of sp³-hybridized carbons (Fsp3) is 1.00. The standard InChI is InChI=1S/C18H34N2O/c1-13(2)9-15-11-20(17(10-19-15)14-5-6-14)12-16-7-8-18(3,4)21-16/h13-17,19H,5-12H2,1-4H3. The van der Waals surface area contributed by atoms with Crippen LogP contribution in [0.15, 0.2) is 0 Å². The van der Waals surface area contributed by atoms with Crippen molar-refractivity contribution in [1.82, 2.24) is 10.2 Å². The Balaban J connectivity index is 1.58. The van der Waals surface area contributed by atoms with Gasteiger partial charge in [-0.05, 0) is 57.8 Å². The lowest BCUT2D eigenvalue weighted by Crippen LogP contribution is -2.59. The van der Waals surface area contributed by atoms with Crippen LogP contribution in [0, 0.1) is 11.8 Å². The maximum atomic E-state index is 6.25. The number of ether oxygens (including phenoxy) is 1. The molecule has 2 aliphatic heterocycles. The first-order valence-corrected chi connectivity index (χ1v) is 9.08. The topological polar surface area (TPSA) is 24.5 Å². The van der Waals surface area contributed by atoms with Crippen LogP contribution in [-0.2, 0) is 4.74 Å². The van der Waals surface area contributed by atoms with E-state index in [0.29, 0.717) is 12.1 Å². The molecule has 2 heterocycles. The van der Waals surface area contributed by atoms with E-state index in [4.69, 9.17) is 4.74 Å². The zero-order valence-corrected chi connectivity index (χ0v) is 14.4. The molecule has 0 aromatic heterocycles. The zero-order chi connectivity index (χ0) is 15.0. The lowest BCUT2D eigenvalue weighted by molar-refractivity contribution is -0.0405. The van der Waals surface area contributed by atoms with Crippen LogP contribution in [0.5, 0.6) is 0 Å². The van der Waals surface area contributed by atoms with Crippen molar-refractivity contribution in [1.29, 1.82) is 0 Å². The number of nitrogens with one attached hydrogen (secondary N) is 1. The number of piperazine rings is 1. The number of hydrogen-bond donors (Lipinski definition) is 1. The summed E-state index contributed by atoms with van der Waals surface area (Å²) in [6, 6.07) is 1.44. The molecule has 2 saturated heterocycles. The molecule has 122 valence electrons. The lowest BCUT2D eigenvalue weighted by Gasteiger charge is -2.42. The first kappa shape index (κ1) is 15.8. The van der Waals surface area contributed by atoms with Gasteiger partial charge in [-0.25, -0.2) is 0 Å². The Morgan fingerprint density at radius 2 is 2.00 bits per heavy atom. The highest BCUT2D eigenvalue weighted by Gasteiger charge is 2.41. The Bertz CT molecular complexity index is 351. The smallest absolute Gasteiger partial charge is 0.0710 e. The van der Waals surface area contributed by atoms with Crippen LogP contribution in [0.4, 0.5) is 0 Å². The van der Waals surface area contributed by atoms with E-state index < -0.39 is 0 Å². The summed E-state index contributed by atoms with van der Waals surface area (Å²) in [6.45, 7) is 12.7. The number of hydrogen-bond acceptors (Lipinski definition) is 3. The molecule has 3 fully saturated rings. The fourth-order valence-electron chi connectivity index (χ4n) is 4.25. The van der Waals surface area contributed by atoms with Crippen LogP contribution in [0.1, 0.15) is 59.8 Å². The van der Waals surface area contributed by atoms with Crippen LogP contribution < -0.4 is 5.32 Å². The van der Waals surface area contributed by atoms with Crippen molar-refractivity contribution in [2.24, 2.45) is 11.8 Å². The van der Waals surface area contributed by atoms with Crippen LogP contribution in [0.25, 0.3) is 0 Å². The van der Waals surface area contributed by atoms with Gasteiger partial charge in [-0.1, -0.05) is 13.8 Å².